The Hall–Kier alpha value is -1.42. The van der Waals surface area contributed by atoms with E-state index in [4.69, 9.17) is 0 Å². The highest BCUT2D eigenvalue weighted by atomic mass is 32.2. The summed E-state index contributed by atoms with van der Waals surface area (Å²) in [5.41, 5.74) is 1.57. The molecule has 0 atom stereocenters. The Morgan fingerprint density at radius 2 is 1.89 bits per heavy atom. The van der Waals surface area contributed by atoms with Gasteiger partial charge in [0.2, 0.25) is 15.9 Å². The minimum atomic E-state index is -3.64. The van der Waals surface area contributed by atoms with Gasteiger partial charge in [-0.1, -0.05) is 18.7 Å². The Morgan fingerprint density at radius 3 is 2.50 bits per heavy atom. The van der Waals surface area contributed by atoms with Crippen molar-refractivity contribution in [1.29, 1.82) is 0 Å². The number of anilines is 1. The molecule has 0 bridgehead atoms. The molecular weight excluding hydrogens is 414 g/mol. The zero-order chi connectivity index (χ0) is 20.1. The summed E-state index contributed by atoms with van der Waals surface area (Å²) in [6.07, 6.45) is 3.70. The van der Waals surface area contributed by atoms with E-state index in [-0.39, 0.29) is 6.04 Å². The molecule has 1 aliphatic rings. The van der Waals surface area contributed by atoms with Gasteiger partial charge in [0.25, 0.3) is 0 Å². The molecule has 1 aromatic carbocycles. The summed E-state index contributed by atoms with van der Waals surface area (Å²) in [5.74, 6) is -0.453. The molecule has 6 nitrogen and oxygen atoms in total. The van der Waals surface area contributed by atoms with Crippen molar-refractivity contribution < 1.29 is 13.2 Å². The lowest BCUT2D eigenvalue weighted by Gasteiger charge is -2.26. The van der Waals surface area contributed by atoms with Crippen LogP contribution in [-0.4, -0.2) is 31.1 Å². The number of sulfonamides is 1. The molecule has 1 aliphatic carbocycles. The second-order valence-electron chi connectivity index (χ2n) is 7.26. The van der Waals surface area contributed by atoms with E-state index in [0.717, 1.165) is 40.6 Å². The largest absolute Gasteiger partial charge is 0.325 e. The van der Waals surface area contributed by atoms with Crippen LogP contribution in [0.1, 0.15) is 38.3 Å². The maximum Gasteiger partial charge on any atom is 0.240 e. The second kappa shape index (κ2) is 9.39. The smallest absolute Gasteiger partial charge is 0.240 e. The average Bonchev–Trinajstić information content (AvgIpc) is 3.03. The summed E-state index contributed by atoms with van der Waals surface area (Å²) < 4.78 is 28.2. The monoisotopic (exact) mass is 439 g/mol. The SMILES string of the molecule is Cc1csc(Sc2ccc(NC(=O)CS(=O)(=O)NC3CCC(C)CC3)cc2)n1. The maximum atomic E-state index is 12.3. The molecule has 0 saturated heterocycles. The summed E-state index contributed by atoms with van der Waals surface area (Å²) in [6, 6.07) is 7.24. The molecule has 2 N–H and O–H groups in total. The number of amides is 1. The quantitative estimate of drug-likeness (QED) is 0.680. The van der Waals surface area contributed by atoms with Crippen LogP contribution >= 0.6 is 23.1 Å². The highest BCUT2D eigenvalue weighted by Crippen LogP contribution is 2.30. The summed E-state index contributed by atoms with van der Waals surface area (Å²) in [6.45, 7) is 4.14. The molecule has 3 rings (SSSR count). The number of carbonyl (C=O) groups excluding carboxylic acids is 1. The van der Waals surface area contributed by atoms with Gasteiger partial charge in [-0.15, -0.1) is 11.3 Å². The number of hydrogen-bond acceptors (Lipinski definition) is 6. The van der Waals surface area contributed by atoms with Gasteiger partial charge in [-0.3, -0.25) is 4.79 Å². The van der Waals surface area contributed by atoms with E-state index >= 15 is 0 Å². The van der Waals surface area contributed by atoms with Crippen LogP contribution in [0.25, 0.3) is 0 Å². The number of rotatable bonds is 7. The lowest BCUT2D eigenvalue weighted by molar-refractivity contribution is -0.113. The number of hydrogen-bond donors (Lipinski definition) is 2. The van der Waals surface area contributed by atoms with Crippen LogP contribution in [0.15, 0.2) is 38.9 Å². The minimum Gasteiger partial charge on any atom is -0.325 e. The van der Waals surface area contributed by atoms with E-state index in [0.29, 0.717) is 11.6 Å². The van der Waals surface area contributed by atoms with Crippen molar-refractivity contribution in [3.63, 3.8) is 0 Å². The van der Waals surface area contributed by atoms with Gasteiger partial charge in [0, 0.05) is 27.7 Å². The summed E-state index contributed by atoms with van der Waals surface area (Å²) in [7, 11) is -3.64. The van der Waals surface area contributed by atoms with Crippen LogP contribution in [-0.2, 0) is 14.8 Å². The first-order chi connectivity index (χ1) is 13.3. The van der Waals surface area contributed by atoms with Crippen molar-refractivity contribution in [3.05, 3.63) is 35.3 Å². The number of benzene rings is 1. The van der Waals surface area contributed by atoms with E-state index < -0.39 is 21.7 Å². The lowest BCUT2D eigenvalue weighted by atomic mass is 9.88. The number of carbonyl (C=O) groups is 1. The van der Waals surface area contributed by atoms with Gasteiger partial charge in [-0.25, -0.2) is 18.1 Å². The molecule has 9 heteroatoms. The van der Waals surface area contributed by atoms with E-state index in [9.17, 15) is 13.2 Å². The first-order valence-electron chi connectivity index (χ1n) is 9.29. The number of thiazole rings is 1. The molecule has 1 aromatic heterocycles. The van der Waals surface area contributed by atoms with Crippen LogP contribution in [0.5, 0.6) is 0 Å². The van der Waals surface area contributed by atoms with E-state index in [1.54, 1.807) is 35.2 Å². The van der Waals surface area contributed by atoms with Crippen molar-refractivity contribution in [1.82, 2.24) is 9.71 Å². The molecular formula is C19H25N3O3S3. The van der Waals surface area contributed by atoms with Gasteiger partial charge in [-0.2, -0.15) is 0 Å². The normalized spacial score (nSPS) is 20.1. The van der Waals surface area contributed by atoms with Crippen LogP contribution < -0.4 is 10.0 Å². The van der Waals surface area contributed by atoms with E-state index in [1.165, 1.54) is 0 Å². The van der Waals surface area contributed by atoms with Gasteiger partial charge in [0.15, 0.2) is 4.34 Å². The second-order valence-corrected chi connectivity index (χ2v) is 11.2. The van der Waals surface area contributed by atoms with Crippen molar-refractivity contribution in [2.45, 2.75) is 54.8 Å². The first kappa shape index (κ1) is 21.3. The van der Waals surface area contributed by atoms with Crippen molar-refractivity contribution in [2.24, 2.45) is 5.92 Å². The maximum absolute atomic E-state index is 12.3. The number of aryl methyl sites for hydroxylation is 1. The van der Waals surface area contributed by atoms with Crippen molar-refractivity contribution in [3.8, 4) is 0 Å². The molecule has 0 radical (unpaired) electrons. The minimum absolute atomic E-state index is 0.0557. The molecule has 0 unspecified atom stereocenters. The number of aromatic nitrogens is 1. The Labute approximate surface area is 174 Å². The highest BCUT2D eigenvalue weighted by Gasteiger charge is 2.24. The first-order valence-corrected chi connectivity index (χ1v) is 12.6. The topological polar surface area (TPSA) is 88.2 Å². The fraction of sp³-hybridized carbons (Fsp3) is 0.474. The summed E-state index contributed by atoms with van der Waals surface area (Å²) in [5, 5.41) is 4.66. The lowest BCUT2D eigenvalue weighted by Crippen LogP contribution is -2.41. The fourth-order valence-electron chi connectivity index (χ4n) is 3.13. The third kappa shape index (κ3) is 6.58. The zero-order valence-corrected chi connectivity index (χ0v) is 18.4. The van der Waals surface area contributed by atoms with Gasteiger partial charge in [-0.05, 0) is 62.8 Å². The van der Waals surface area contributed by atoms with Gasteiger partial charge in [0.1, 0.15) is 5.75 Å². The van der Waals surface area contributed by atoms with Gasteiger partial charge < -0.3 is 5.32 Å². The molecule has 152 valence electrons. The third-order valence-electron chi connectivity index (χ3n) is 4.62. The predicted molar refractivity (Wildman–Crippen MR) is 114 cm³/mol. The Kier molecular flexibility index (Phi) is 7.14. The molecule has 0 aliphatic heterocycles. The molecule has 1 heterocycles. The molecule has 1 amide bonds. The van der Waals surface area contributed by atoms with Crippen LogP contribution in [0.2, 0.25) is 0 Å². The van der Waals surface area contributed by atoms with Crippen LogP contribution in [0.4, 0.5) is 5.69 Å². The van der Waals surface area contributed by atoms with Gasteiger partial charge >= 0.3 is 0 Å². The van der Waals surface area contributed by atoms with Crippen LogP contribution in [0, 0.1) is 12.8 Å². The number of nitrogens with one attached hydrogen (secondary N) is 2. The zero-order valence-electron chi connectivity index (χ0n) is 16.0. The van der Waals surface area contributed by atoms with Crippen LogP contribution in [0.3, 0.4) is 0 Å². The predicted octanol–water partition coefficient (Wildman–Crippen LogP) is 4.04. The third-order valence-corrected chi connectivity index (χ3v) is 8.02. The summed E-state index contributed by atoms with van der Waals surface area (Å²) in [4.78, 5) is 17.6. The van der Waals surface area contributed by atoms with E-state index in [2.05, 4.69) is 21.9 Å². The van der Waals surface area contributed by atoms with Gasteiger partial charge in [0.05, 0.1) is 0 Å². The average molecular weight is 440 g/mol. The highest BCUT2D eigenvalue weighted by molar-refractivity contribution is 8.01. The summed E-state index contributed by atoms with van der Waals surface area (Å²) >= 11 is 3.14. The fourth-order valence-corrected chi connectivity index (χ4v) is 6.18. The van der Waals surface area contributed by atoms with Crippen molar-refractivity contribution >= 4 is 44.7 Å². The van der Waals surface area contributed by atoms with Crippen molar-refractivity contribution in [2.75, 3.05) is 11.1 Å². The molecule has 1 saturated carbocycles. The molecule has 2 aromatic rings. The molecule has 1 fully saturated rings. The Bertz CT molecular complexity index is 902. The Balaban J connectivity index is 1.49. The number of nitrogens with zero attached hydrogens (tertiary/aromatic N) is 1. The Morgan fingerprint density at radius 1 is 1.21 bits per heavy atom. The van der Waals surface area contributed by atoms with E-state index in [1.807, 2.05) is 24.4 Å². The standard InChI is InChI=1S/C19H25N3O3S3/c1-13-3-5-16(6-4-13)22-28(24,25)12-18(23)21-15-7-9-17(10-8-15)27-19-20-14(2)11-26-19/h7-11,13,16,22H,3-6,12H2,1-2H3,(H,21,23). The molecule has 0 spiro atoms. The molecule has 28 heavy (non-hydrogen) atoms.